The Balaban J connectivity index is 2.21. The maximum absolute atomic E-state index is 10.8. The summed E-state index contributed by atoms with van der Waals surface area (Å²) in [6.07, 6.45) is 0. The molecule has 0 aliphatic rings. The Morgan fingerprint density at radius 3 is 2.65 bits per heavy atom. The highest BCUT2D eigenvalue weighted by molar-refractivity contribution is 7.13. The molecule has 0 unspecified atom stereocenters. The predicted octanol–water partition coefficient (Wildman–Crippen LogP) is 2.89. The standard InChI is InChI=1S/C14H15NO4S/c1-9(16)19-7-11-8-20-14(15-11)10-4-5-12(17-2)13(6-10)18-3/h4-6,8H,7H2,1-3H3. The van der Waals surface area contributed by atoms with E-state index in [1.807, 2.05) is 23.6 Å². The van der Waals surface area contributed by atoms with Crippen LogP contribution in [0.5, 0.6) is 11.5 Å². The highest BCUT2D eigenvalue weighted by Crippen LogP contribution is 2.33. The Hall–Kier alpha value is -2.08. The maximum Gasteiger partial charge on any atom is 0.303 e. The van der Waals surface area contributed by atoms with Crippen molar-refractivity contribution in [2.75, 3.05) is 14.2 Å². The quantitative estimate of drug-likeness (QED) is 0.793. The van der Waals surface area contributed by atoms with E-state index in [0.29, 0.717) is 11.5 Å². The molecule has 106 valence electrons. The molecule has 0 saturated carbocycles. The highest BCUT2D eigenvalue weighted by atomic mass is 32.1. The van der Waals surface area contributed by atoms with E-state index in [0.717, 1.165) is 16.3 Å². The number of rotatable bonds is 5. The van der Waals surface area contributed by atoms with Gasteiger partial charge in [0.05, 0.1) is 19.9 Å². The molecule has 0 aliphatic heterocycles. The van der Waals surface area contributed by atoms with Crippen LogP contribution in [0.25, 0.3) is 10.6 Å². The lowest BCUT2D eigenvalue weighted by molar-refractivity contribution is -0.142. The Labute approximate surface area is 121 Å². The Kier molecular flexibility index (Phi) is 4.57. The molecule has 0 N–H and O–H groups in total. The summed E-state index contributed by atoms with van der Waals surface area (Å²) in [6, 6.07) is 5.62. The van der Waals surface area contributed by atoms with Crippen LogP contribution < -0.4 is 9.47 Å². The van der Waals surface area contributed by atoms with Gasteiger partial charge in [0.2, 0.25) is 0 Å². The second kappa shape index (κ2) is 6.38. The first-order valence-corrected chi connectivity index (χ1v) is 6.82. The summed E-state index contributed by atoms with van der Waals surface area (Å²) in [5.74, 6) is 1.01. The molecule has 2 aromatic rings. The minimum Gasteiger partial charge on any atom is -0.493 e. The number of carbonyl (C=O) groups is 1. The molecule has 0 amide bonds. The van der Waals surface area contributed by atoms with Gasteiger partial charge in [0.15, 0.2) is 11.5 Å². The number of esters is 1. The van der Waals surface area contributed by atoms with Crippen molar-refractivity contribution in [2.45, 2.75) is 13.5 Å². The van der Waals surface area contributed by atoms with Gasteiger partial charge in [0, 0.05) is 17.9 Å². The summed E-state index contributed by atoms with van der Waals surface area (Å²) in [6.45, 7) is 1.57. The number of hydrogen-bond donors (Lipinski definition) is 0. The molecule has 1 heterocycles. The molecule has 0 radical (unpaired) electrons. The van der Waals surface area contributed by atoms with E-state index >= 15 is 0 Å². The van der Waals surface area contributed by atoms with E-state index in [2.05, 4.69) is 4.98 Å². The van der Waals surface area contributed by atoms with Gasteiger partial charge >= 0.3 is 5.97 Å². The second-order valence-electron chi connectivity index (χ2n) is 3.99. The fourth-order valence-electron chi connectivity index (χ4n) is 1.65. The summed E-state index contributed by atoms with van der Waals surface area (Å²) in [4.78, 5) is 15.2. The first-order valence-electron chi connectivity index (χ1n) is 5.94. The van der Waals surface area contributed by atoms with E-state index in [-0.39, 0.29) is 12.6 Å². The summed E-state index contributed by atoms with van der Waals surface area (Å²) in [5.41, 5.74) is 1.66. The highest BCUT2D eigenvalue weighted by Gasteiger charge is 2.10. The van der Waals surface area contributed by atoms with Gasteiger partial charge in [-0.3, -0.25) is 4.79 Å². The number of benzene rings is 1. The first-order chi connectivity index (χ1) is 9.63. The van der Waals surface area contributed by atoms with E-state index < -0.39 is 0 Å². The average molecular weight is 293 g/mol. The van der Waals surface area contributed by atoms with Crippen LogP contribution in [0.15, 0.2) is 23.6 Å². The van der Waals surface area contributed by atoms with Gasteiger partial charge in [0.1, 0.15) is 11.6 Å². The Morgan fingerprint density at radius 2 is 2.00 bits per heavy atom. The van der Waals surface area contributed by atoms with Gasteiger partial charge in [0.25, 0.3) is 0 Å². The topological polar surface area (TPSA) is 57.7 Å². The van der Waals surface area contributed by atoms with Gasteiger partial charge in [-0.2, -0.15) is 0 Å². The number of methoxy groups -OCH3 is 2. The van der Waals surface area contributed by atoms with Crippen LogP contribution in [0, 0.1) is 0 Å². The molecule has 0 bridgehead atoms. The van der Waals surface area contributed by atoms with Crippen LogP contribution in [-0.2, 0) is 16.1 Å². The lowest BCUT2D eigenvalue weighted by atomic mass is 10.2. The van der Waals surface area contributed by atoms with Crippen molar-refractivity contribution < 1.29 is 19.0 Å². The van der Waals surface area contributed by atoms with Crippen molar-refractivity contribution in [3.8, 4) is 22.1 Å². The zero-order chi connectivity index (χ0) is 14.5. The van der Waals surface area contributed by atoms with Crippen molar-refractivity contribution >= 4 is 17.3 Å². The normalized spacial score (nSPS) is 10.2. The minimum absolute atomic E-state index is 0.194. The van der Waals surface area contributed by atoms with Crippen molar-refractivity contribution in [2.24, 2.45) is 0 Å². The fourth-order valence-corrected chi connectivity index (χ4v) is 2.45. The van der Waals surface area contributed by atoms with Crippen LogP contribution in [0.4, 0.5) is 0 Å². The molecule has 6 heteroatoms. The molecule has 0 fully saturated rings. The Morgan fingerprint density at radius 1 is 1.25 bits per heavy atom. The van der Waals surface area contributed by atoms with E-state index in [1.165, 1.54) is 18.3 Å². The average Bonchev–Trinajstić information content (AvgIpc) is 2.93. The number of nitrogens with zero attached hydrogens (tertiary/aromatic N) is 1. The van der Waals surface area contributed by atoms with Crippen LogP contribution >= 0.6 is 11.3 Å². The lowest BCUT2D eigenvalue weighted by Crippen LogP contribution is -1.98. The van der Waals surface area contributed by atoms with Crippen molar-refractivity contribution in [1.82, 2.24) is 4.98 Å². The van der Waals surface area contributed by atoms with Crippen LogP contribution in [0.2, 0.25) is 0 Å². The van der Waals surface area contributed by atoms with Gasteiger partial charge in [-0.1, -0.05) is 0 Å². The van der Waals surface area contributed by atoms with Crippen LogP contribution in [0.3, 0.4) is 0 Å². The monoisotopic (exact) mass is 293 g/mol. The molecule has 0 spiro atoms. The third kappa shape index (κ3) is 3.27. The largest absolute Gasteiger partial charge is 0.493 e. The summed E-state index contributed by atoms with van der Waals surface area (Å²) >= 11 is 1.49. The third-order valence-electron chi connectivity index (χ3n) is 2.61. The zero-order valence-electron chi connectivity index (χ0n) is 11.5. The molecule has 20 heavy (non-hydrogen) atoms. The molecular formula is C14H15NO4S. The number of ether oxygens (including phenoxy) is 3. The van der Waals surface area contributed by atoms with Gasteiger partial charge < -0.3 is 14.2 Å². The molecule has 5 nitrogen and oxygen atoms in total. The SMILES string of the molecule is COc1ccc(-c2nc(COC(C)=O)cs2)cc1OC. The number of thiazole rings is 1. The minimum atomic E-state index is -0.314. The van der Waals surface area contributed by atoms with Gasteiger partial charge in [-0.15, -0.1) is 11.3 Å². The third-order valence-corrected chi connectivity index (χ3v) is 3.55. The molecule has 0 atom stereocenters. The zero-order valence-corrected chi connectivity index (χ0v) is 12.3. The number of hydrogen-bond acceptors (Lipinski definition) is 6. The lowest BCUT2D eigenvalue weighted by Gasteiger charge is -2.08. The smallest absolute Gasteiger partial charge is 0.303 e. The van der Waals surface area contributed by atoms with Crippen molar-refractivity contribution in [3.05, 3.63) is 29.3 Å². The Bertz CT molecular complexity index is 609. The van der Waals surface area contributed by atoms with Crippen molar-refractivity contribution in [1.29, 1.82) is 0 Å². The number of aromatic nitrogens is 1. The molecule has 1 aromatic carbocycles. The van der Waals surface area contributed by atoms with Gasteiger partial charge in [-0.05, 0) is 18.2 Å². The van der Waals surface area contributed by atoms with Gasteiger partial charge in [-0.25, -0.2) is 4.98 Å². The predicted molar refractivity (Wildman–Crippen MR) is 76.1 cm³/mol. The number of carbonyl (C=O) groups excluding carboxylic acids is 1. The second-order valence-corrected chi connectivity index (χ2v) is 4.85. The van der Waals surface area contributed by atoms with Crippen LogP contribution in [-0.4, -0.2) is 25.2 Å². The summed E-state index contributed by atoms with van der Waals surface area (Å²) < 4.78 is 15.4. The summed E-state index contributed by atoms with van der Waals surface area (Å²) in [7, 11) is 3.19. The van der Waals surface area contributed by atoms with E-state index in [9.17, 15) is 4.79 Å². The fraction of sp³-hybridized carbons (Fsp3) is 0.286. The molecular weight excluding hydrogens is 278 g/mol. The summed E-state index contributed by atoms with van der Waals surface area (Å²) in [5, 5.41) is 2.71. The molecule has 0 aliphatic carbocycles. The van der Waals surface area contributed by atoms with E-state index in [4.69, 9.17) is 14.2 Å². The molecule has 2 rings (SSSR count). The van der Waals surface area contributed by atoms with E-state index in [1.54, 1.807) is 14.2 Å². The maximum atomic E-state index is 10.8. The first kappa shape index (κ1) is 14.3. The van der Waals surface area contributed by atoms with Crippen LogP contribution in [0.1, 0.15) is 12.6 Å². The molecule has 0 saturated heterocycles. The molecule has 1 aromatic heterocycles. The van der Waals surface area contributed by atoms with Crippen molar-refractivity contribution in [3.63, 3.8) is 0 Å².